The lowest BCUT2D eigenvalue weighted by molar-refractivity contribution is 0.0520. The maximum absolute atomic E-state index is 16.4. The van der Waals surface area contributed by atoms with Gasteiger partial charge in [0.15, 0.2) is 17.3 Å². The number of halogens is 2. The first-order valence-electron chi connectivity index (χ1n) is 18.2. The zero-order valence-corrected chi connectivity index (χ0v) is 33.1. The topological polar surface area (TPSA) is 133 Å². The SMILES string of the molecule is CCOC(=O)c1csc(-n2nc(-c3ccc(F)c(O)c3)c(Cc3ccc(S(=O)(=O)N(Cc4ccc(OC)cc4)Cc4ccc(OC)cc4)c(F)c3)c2CC2CC2)n1. The molecule has 1 fully saturated rings. The zero-order chi connectivity index (χ0) is 40.3. The number of sulfonamides is 1. The molecule has 2 aromatic heterocycles. The van der Waals surface area contributed by atoms with Gasteiger partial charge < -0.3 is 19.3 Å². The molecule has 0 bridgehead atoms. The molecule has 0 amide bonds. The second-order valence-corrected chi connectivity index (χ2v) is 16.4. The van der Waals surface area contributed by atoms with Crippen LogP contribution in [0.25, 0.3) is 16.4 Å². The van der Waals surface area contributed by atoms with E-state index in [0.29, 0.717) is 62.5 Å². The minimum absolute atomic E-state index is 0.0359. The van der Waals surface area contributed by atoms with Gasteiger partial charge in [0.1, 0.15) is 22.2 Å². The summed E-state index contributed by atoms with van der Waals surface area (Å²) in [7, 11) is -1.31. The molecule has 6 aromatic rings. The number of carbonyl (C=O) groups excluding carboxylic acids is 1. The quantitative estimate of drug-likeness (QED) is 0.0963. The molecule has 0 spiro atoms. The average molecular weight is 815 g/mol. The fourth-order valence-electron chi connectivity index (χ4n) is 6.49. The molecule has 4 aromatic carbocycles. The largest absolute Gasteiger partial charge is 0.505 e. The number of ether oxygens (including phenoxy) is 3. The van der Waals surface area contributed by atoms with Crippen molar-refractivity contribution in [1.82, 2.24) is 19.1 Å². The Bertz CT molecular complexity index is 2450. The van der Waals surface area contributed by atoms with Gasteiger partial charge in [-0.15, -0.1) is 11.3 Å². The first kappa shape index (κ1) is 39.6. The van der Waals surface area contributed by atoms with Crippen LogP contribution in [0.1, 0.15) is 58.2 Å². The average Bonchev–Trinajstić information content (AvgIpc) is 3.77. The number of benzene rings is 4. The van der Waals surface area contributed by atoms with E-state index < -0.39 is 38.3 Å². The van der Waals surface area contributed by atoms with E-state index in [1.165, 1.54) is 39.9 Å². The molecule has 0 radical (unpaired) electrons. The van der Waals surface area contributed by atoms with Gasteiger partial charge >= 0.3 is 5.97 Å². The molecule has 2 heterocycles. The summed E-state index contributed by atoms with van der Waals surface area (Å²) < 4.78 is 77.8. The molecule has 1 N–H and O–H groups in total. The highest BCUT2D eigenvalue weighted by Crippen LogP contribution is 2.39. The molecule has 296 valence electrons. The summed E-state index contributed by atoms with van der Waals surface area (Å²) in [5, 5.41) is 17.2. The Morgan fingerprint density at radius 3 is 2.09 bits per heavy atom. The van der Waals surface area contributed by atoms with Gasteiger partial charge in [-0.3, -0.25) is 0 Å². The Morgan fingerprint density at radius 1 is 0.895 bits per heavy atom. The molecule has 1 aliphatic carbocycles. The molecule has 7 rings (SSSR count). The molecule has 0 atom stereocenters. The number of rotatable bonds is 16. The Balaban J connectivity index is 1.27. The van der Waals surface area contributed by atoms with E-state index in [0.717, 1.165) is 24.6 Å². The van der Waals surface area contributed by atoms with Gasteiger partial charge in [-0.25, -0.2) is 31.7 Å². The lowest BCUT2D eigenvalue weighted by Gasteiger charge is -2.23. The molecule has 0 unspecified atom stereocenters. The van der Waals surface area contributed by atoms with Crippen molar-refractivity contribution in [2.24, 2.45) is 5.92 Å². The van der Waals surface area contributed by atoms with Crippen LogP contribution in [0, 0.1) is 17.6 Å². The van der Waals surface area contributed by atoms with Gasteiger partial charge in [0.05, 0.1) is 32.2 Å². The Hall–Kier alpha value is -5.64. The van der Waals surface area contributed by atoms with Crippen LogP contribution in [0.15, 0.2) is 95.2 Å². The minimum Gasteiger partial charge on any atom is -0.505 e. The van der Waals surface area contributed by atoms with Crippen molar-refractivity contribution in [3.8, 4) is 33.6 Å². The monoisotopic (exact) mass is 814 g/mol. The number of hydrogen-bond acceptors (Lipinski definition) is 10. The molecule has 57 heavy (non-hydrogen) atoms. The number of phenols is 1. The number of esters is 1. The number of methoxy groups -OCH3 is 2. The maximum Gasteiger partial charge on any atom is 0.357 e. The summed E-state index contributed by atoms with van der Waals surface area (Å²) in [6.45, 7) is 1.81. The number of carbonyl (C=O) groups is 1. The Labute approximate surface area is 333 Å². The van der Waals surface area contributed by atoms with Crippen LogP contribution < -0.4 is 9.47 Å². The van der Waals surface area contributed by atoms with Crippen molar-refractivity contribution in [1.29, 1.82) is 0 Å². The van der Waals surface area contributed by atoms with E-state index in [1.54, 1.807) is 85.8 Å². The summed E-state index contributed by atoms with van der Waals surface area (Å²) >= 11 is 1.20. The van der Waals surface area contributed by atoms with Crippen molar-refractivity contribution in [3.63, 3.8) is 0 Å². The van der Waals surface area contributed by atoms with Gasteiger partial charge in [0.25, 0.3) is 0 Å². The third-order valence-electron chi connectivity index (χ3n) is 9.68. The summed E-state index contributed by atoms with van der Waals surface area (Å²) in [5.41, 5.74) is 4.17. The van der Waals surface area contributed by atoms with Gasteiger partial charge in [-0.1, -0.05) is 30.3 Å². The van der Waals surface area contributed by atoms with E-state index in [2.05, 4.69) is 4.98 Å². The predicted octanol–water partition coefficient (Wildman–Crippen LogP) is 8.11. The highest BCUT2D eigenvalue weighted by atomic mass is 32.2. The molecule has 11 nitrogen and oxygen atoms in total. The zero-order valence-electron chi connectivity index (χ0n) is 31.4. The lowest BCUT2D eigenvalue weighted by atomic mass is 9.96. The van der Waals surface area contributed by atoms with Gasteiger partial charge in [-0.2, -0.15) is 9.40 Å². The second kappa shape index (κ2) is 16.8. The van der Waals surface area contributed by atoms with E-state index in [9.17, 15) is 22.7 Å². The molecule has 0 saturated heterocycles. The highest BCUT2D eigenvalue weighted by molar-refractivity contribution is 7.89. The van der Waals surface area contributed by atoms with Crippen LogP contribution in [0.2, 0.25) is 0 Å². The van der Waals surface area contributed by atoms with Crippen LogP contribution >= 0.6 is 11.3 Å². The summed E-state index contributed by atoms with van der Waals surface area (Å²) in [6.07, 6.45) is 2.69. The smallest absolute Gasteiger partial charge is 0.357 e. The molecule has 15 heteroatoms. The Morgan fingerprint density at radius 2 is 1.53 bits per heavy atom. The van der Waals surface area contributed by atoms with E-state index in [1.807, 2.05) is 0 Å². The van der Waals surface area contributed by atoms with Crippen LogP contribution in [0.3, 0.4) is 0 Å². The summed E-state index contributed by atoms with van der Waals surface area (Å²) in [6, 6.07) is 21.9. The van der Waals surface area contributed by atoms with E-state index in [-0.39, 0.29) is 31.8 Å². The van der Waals surface area contributed by atoms with Crippen LogP contribution in [0.5, 0.6) is 17.2 Å². The van der Waals surface area contributed by atoms with E-state index >= 15 is 4.39 Å². The van der Waals surface area contributed by atoms with Crippen molar-refractivity contribution >= 4 is 27.3 Å². The number of thiazole rings is 1. The molecule has 1 saturated carbocycles. The fourth-order valence-corrected chi connectivity index (χ4v) is 8.72. The fraction of sp³-hybridized carbons (Fsp3) is 0.262. The number of aromatic nitrogens is 3. The number of aromatic hydroxyl groups is 1. The third kappa shape index (κ3) is 8.85. The van der Waals surface area contributed by atoms with Crippen molar-refractivity contribution in [2.45, 2.75) is 50.6 Å². The Kier molecular flexibility index (Phi) is 11.7. The maximum atomic E-state index is 16.4. The highest BCUT2D eigenvalue weighted by Gasteiger charge is 2.31. The standard InChI is InChI=1S/C42H40F2N4O7S2/c1-4-55-41(50)36-25-56-42(45-36)48-37(21-26-5-6-26)33(40(46-48)30-12-17-34(43)38(49)22-30)19-29-11-18-39(35(44)20-29)57(51,52)47(23-27-7-13-31(53-2)14-8-27)24-28-9-15-32(54-3)16-10-28/h7-18,20,22,25-26,49H,4-6,19,21,23-24H2,1-3H3. The number of hydrogen-bond donors (Lipinski definition) is 1. The molecule has 0 aliphatic heterocycles. The summed E-state index contributed by atoms with van der Waals surface area (Å²) in [5.74, 6) is -1.29. The van der Waals surface area contributed by atoms with Gasteiger partial charge in [0, 0.05) is 36.0 Å². The number of phenolic OH excluding ortho intramolecular Hbond substituents is 1. The lowest BCUT2D eigenvalue weighted by Crippen LogP contribution is -2.31. The molecule has 1 aliphatic rings. The predicted molar refractivity (Wildman–Crippen MR) is 210 cm³/mol. The minimum atomic E-state index is -4.39. The first-order valence-corrected chi connectivity index (χ1v) is 20.6. The van der Waals surface area contributed by atoms with Crippen LogP contribution in [0.4, 0.5) is 8.78 Å². The van der Waals surface area contributed by atoms with Crippen LogP contribution in [-0.4, -0.2) is 59.4 Å². The molecular formula is C42H40F2N4O7S2. The molecular weight excluding hydrogens is 775 g/mol. The summed E-state index contributed by atoms with van der Waals surface area (Å²) in [4.78, 5) is 16.5. The van der Waals surface area contributed by atoms with Crippen molar-refractivity contribution in [3.05, 3.63) is 136 Å². The van der Waals surface area contributed by atoms with Gasteiger partial charge in [-0.05, 0) is 103 Å². The first-order chi connectivity index (χ1) is 27.5. The second-order valence-electron chi connectivity index (χ2n) is 13.6. The van der Waals surface area contributed by atoms with Crippen molar-refractivity contribution < 1.29 is 41.3 Å². The van der Waals surface area contributed by atoms with E-state index in [4.69, 9.17) is 19.3 Å². The normalized spacial score (nSPS) is 12.9. The van der Waals surface area contributed by atoms with Crippen LogP contribution in [-0.2, 0) is 40.7 Å². The number of nitrogens with zero attached hydrogens (tertiary/aromatic N) is 4. The third-order valence-corrected chi connectivity index (χ3v) is 12.3. The van der Waals surface area contributed by atoms with Gasteiger partial charge in [0.2, 0.25) is 15.2 Å². The van der Waals surface area contributed by atoms with Crippen molar-refractivity contribution in [2.75, 3.05) is 20.8 Å².